The fourth-order valence-corrected chi connectivity index (χ4v) is 3.34. The molecule has 1 aromatic rings. The standard InChI is InChI=1S/C22H34N4O3.HI/c1-3-23-22(24-13-8-11-21(28)29-4-2)25-16-19-15-20(27)26(17-19)14-12-18-9-6-5-7-10-18;/h5-7,9-10,19H,3-4,8,11-17H2,1-2H3,(H2,23,24,25);1H. The Hall–Kier alpha value is -1.84. The first-order valence-corrected chi connectivity index (χ1v) is 10.6. The van der Waals surface area contributed by atoms with E-state index in [9.17, 15) is 9.59 Å². The lowest BCUT2D eigenvalue weighted by molar-refractivity contribution is -0.143. The number of hydrogen-bond acceptors (Lipinski definition) is 4. The molecule has 1 atom stereocenters. The second kappa shape index (κ2) is 15.0. The van der Waals surface area contributed by atoms with Gasteiger partial charge in [0.1, 0.15) is 0 Å². The molecule has 1 heterocycles. The largest absolute Gasteiger partial charge is 0.466 e. The van der Waals surface area contributed by atoms with Crippen molar-refractivity contribution in [3.05, 3.63) is 35.9 Å². The summed E-state index contributed by atoms with van der Waals surface area (Å²) in [4.78, 5) is 30.3. The number of halogens is 1. The molecule has 2 rings (SSSR count). The average Bonchev–Trinajstić information content (AvgIpc) is 3.08. The van der Waals surface area contributed by atoms with Crippen LogP contribution in [0, 0.1) is 5.92 Å². The summed E-state index contributed by atoms with van der Waals surface area (Å²) in [5.41, 5.74) is 1.25. The molecule has 0 aromatic heterocycles. The number of carbonyl (C=O) groups is 2. The maximum absolute atomic E-state index is 12.3. The van der Waals surface area contributed by atoms with Gasteiger partial charge in [-0.25, -0.2) is 0 Å². The van der Waals surface area contributed by atoms with Crippen molar-refractivity contribution in [3.8, 4) is 0 Å². The fourth-order valence-electron chi connectivity index (χ4n) is 3.34. The number of amides is 1. The van der Waals surface area contributed by atoms with Crippen LogP contribution in [0.1, 0.15) is 38.7 Å². The summed E-state index contributed by atoms with van der Waals surface area (Å²) in [5, 5.41) is 6.46. The molecule has 1 fully saturated rings. The molecule has 0 spiro atoms. The number of carbonyl (C=O) groups excluding carboxylic acids is 2. The third-order valence-electron chi connectivity index (χ3n) is 4.82. The summed E-state index contributed by atoms with van der Waals surface area (Å²) in [5.74, 6) is 1.02. The van der Waals surface area contributed by atoms with Crippen molar-refractivity contribution in [3.63, 3.8) is 0 Å². The molecular weight excluding hydrogens is 495 g/mol. The van der Waals surface area contributed by atoms with E-state index in [-0.39, 0.29) is 41.8 Å². The number of likely N-dealkylation sites (tertiary alicyclic amines) is 1. The molecule has 1 aliphatic rings. The van der Waals surface area contributed by atoms with Gasteiger partial charge >= 0.3 is 5.97 Å². The topological polar surface area (TPSA) is 83.0 Å². The van der Waals surface area contributed by atoms with Crippen molar-refractivity contribution in [2.45, 2.75) is 39.5 Å². The van der Waals surface area contributed by atoms with Gasteiger partial charge in [0.25, 0.3) is 0 Å². The van der Waals surface area contributed by atoms with Crippen molar-refractivity contribution in [1.82, 2.24) is 15.5 Å². The number of nitrogens with zero attached hydrogens (tertiary/aromatic N) is 2. The smallest absolute Gasteiger partial charge is 0.305 e. The minimum absolute atomic E-state index is 0. The first kappa shape index (κ1) is 26.2. The van der Waals surface area contributed by atoms with Crippen molar-refractivity contribution < 1.29 is 14.3 Å². The lowest BCUT2D eigenvalue weighted by Gasteiger charge is -2.16. The van der Waals surface area contributed by atoms with Gasteiger partial charge in [0.05, 0.1) is 6.61 Å². The molecule has 1 amide bonds. The highest BCUT2D eigenvalue weighted by Crippen LogP contribution is 2.18. The second-order valence-corrected chi connectivity index (χ2v) is 7.20. The van der Waals surface area contributed by atoms with Gasteiger partial charge in [-0.05, 0) is 32.3 Å². The van der Waals surface area contributed by atoms with Gasteiger partial charge in [-0.15, -0.1) is 24.0 Å². The summed E-state index contributed by atoms with van der Waals surface area (Å²) in [6.45, 7) is 7.78. The van der Waals surface area contributed by atoms with Crippen LogP contribution >= 0.6 is 24.0 Å². The zero-order chi connectivity index (χ0) is 20.9. The summed E-state index contributed by atoms with van der Waals surface area (Å²) in [6.07, 6.45) is 2.53. The molecule has 0 bridgehead atoms. The third-order valence-corrected chi connectivity index (χ3v) is 4.82. The fraction of sp³-hybridized carbons (Fsp3) is 0.591. The van der Waals surface area contributed by atoms with Gasteiger partial charge in [-0.3, -0.25) is 14.6 Å². The molecule has 2 N–H and O–H groups in total. The number of ether oxygens (including phenoxy) is 1. The molecule has 1 saturated heterocycles. The molecule has 168 valence electrons. The number of guanidine groups is 1. The predicted octanol–water partition coefficient (Wildman–Crippen LogP) is 2.59. The lowest BCUT2D eigenvalue weighted by Crippen LogP contribution is -2.38. The number of benzene rings is 1. The van der Waals surface area contributed by atoms with Crippen molar-refractivity contribution in [2.75, 3.05) is 39.3 Å². The highest BCUT2D eigenvalue weighted by atomic mass is 127. The quantitative estimate of drug-likeness (QED) is 0.151. The lowest BCUT2D eigenvalue weighted by atomic mass is 10.1. The number of hydrogen-bond donors (Lipinski definition) is 2. The Labute approximate surface area is 197 Å². The van der Waals surface area contributed by atoms with Crippen LogP contribution in [0.25, 0.3) is 0 Å². The zero-order valence-corrected chi connectivity index (χ0v) is 20.4. The maximum atomic E-state index is 12.3. The monoisotopic (exact) mass is 530 g/mol. The van der Waals surface area contributed by atoms with E-state index in [0.29, 0.717) is 39.0 Å². The summed E-state index contributed by atoms with van der Waals surface area (Å²) >= 11 is 0. The van der Waals surface area contributed by atoms with E-state index in [1.54, 1.807) is 0 Å². The van der Waals surface area contributed by atoms with Gasteiger partial charge in [0.2, 0.25) is 5.91 Å². The second-order valence-electron chi connectivity index (χ2n) is 7.20. The highest BCUT2D eigenvalue weighted by Gasteiger charge is 2.28. The van der Waals surface area contributed by atoms with E-state index in [1.807, 2.05) is 36.9 Å². The van der Waals surface area contributed by atoms with Crippen LogP contribution in [-0.4, -0.2) is 62.1 Å². The third kappa shape index (κ3) is 9.77. The van der Waals surface area contributed by atoms with Crippen molar-refractivity contribution in [1.29, 1.82) is 0 Å². The summed E-state index contributed by atoms with van der Waals surface area (Å²) in [6, 6.07) is 10.3. The Kier molecular flexibility index (Phi) is 13.1. The first-order valence-electron chi connectivity index (χ1n) is 10.6. The van der Waals surface area contributed by atoms with E-state index in [0.717, 1.165) is 32.0 Å². The molecule has 30 heavy (non-hydrogen) atoms. The summed E-state index contributed by atoms with van der Waals surface area (Å²) in [7, 11) is 0. The minimum Gasteiger partial charge on any atom is -0.466 e. The van der Waals surface area contributed by atoms with Gasteiger partial charge in [0.15, 0.2) is 5.96 Å². The summed E-state index contributed by atoms with van der Waals surface area (Å²) < 4.78 is 4.93. The van der Waals surface area contributed by atoms with Gasteiger partial charge in [0, 0.05) is 51.5 Å². The molecule has 1 aliphatic heterocycles. The van der Waals surface area contributed by atoms with E-state index in [1.165, 1.54) is 5.56 Å². The Bertz CT molecular complexity index is 670. The number of rotatable bonds is 11. The molecule has 1 aromatic carbocycles. The van der Waals surface area contributed by atoms with E-state index in [2.05, 4.69) is 27.8 Å². The van der Waals surface area contributed by atoms with Crippen LogP contribution < -0.4 is 10.6 Å². The molecule has 8 heteroatoms. The van der Waals surface area contributed by atoms with Crippen LogP contribution in [0.2, 0.25) is 0 Å². The zero-order valence-electron chi connectivity index (χ0n) is 18.1. The molecule has 0 radical (unpaired) electrons. The molecular formula is C22H35IN4O3. The van der Waals surface area contributed by atoms with Gasteiger partial charge in [-0.1, -0.05) is 30.3 Å². The molecule has 0 aliphatic carbocycles. The molecule has 7 nitrogen and oxygen atoms in total. The number of nitrogens with one attached hydrogen (secondary N) is 2. The van der Waals surface area contributed by atoms with Crippen LogP contribution in [0.3, 0.4) is 0 Å². The molecule has 1 unspecified atom stereocenters. The van der Waals surface area contributed by atoms with Gasteiger partial charge < -0.3 is 20.3 Å². The van der Waals surface area contributed by atoms with Crippen molar-refractivity contribution in [2.24, 2.45) is 10.9 Å². The van der Waals surface area contributed by atoms with Crippen LogP contribution in [0.15, 0.2) is 35.3 Å². The minimum atomic E-state index is -0.170. The Morgan fingerprint density at radius 2 is 2.00 bits per heavy atom. The first-order chi connectivity index (χ1) is 14.1. The van der Waals surface area contributed by atoms with E-state index >= 15 is 0 Å². The predicted molar refractivity (Wildman–Crippen MR) is 130 cm³/mol. The average molecular weight is 530 g/mol. The van der Waals surface area contributed by atoms with Crippen LogP contribution in [0.4, 0.5) is 0 Å². The molecule has 0 saturated carbocycles. The SMILES string of the molecule is CCNC(=NCC1CC(=O)N(CCc2ccccc2)C1)NCCCC(=O)OCC.I. The number of aliphatic imine (C=N–C) groups is 1. The maximum Gasteiger partial charge on any atom is 0.305 e. The van der Waals surface area contributed by atoms with Crippen molar-refractivity contribution >= 4 is 41.8 Å². The number of esters is 1. The highest BCUT2D eigenvalue weighted by molar-refractivity contribution is 14.0. The Morgan fingerprint density at radius 3 is 2.70 bits per heavy atom. The van der Waals surface area contributed by atoms with E-state index < -0.39 is 0 Å². The van der Waals surface area contributed by atoms with Crippen LogP contribution in [-0.2, 0) is 20.7 Å². The normalized spacial score (nSPS) is 16.2. The van der Waals surface area contributed by atoms with Gasteiger partial charge in [-0.2, -0.15) is 0 Å². The Morgan fingerprint density at radius 1 is 1.23 bits per heavy atom. The Balaban J connectivity index is 0.00000450. The van der Waals surface area contributed by atoms with Crippen LogP contribution in [0.5, 0.6) is 0 Å². The van der Waals surface area contributed by atoms with E-state index in [4.69, 9.17) is 4.74 Å².